The zero-order valence-corrected chi connectivity index (χ0v) is 14.7. The third-order valence-electron chi connectivity index (χ3n) is 4.09. The maximum absolute atomic E-state index is 12.7. The maximum atomic E-state index is 12.7. The van der Waals surface area contributed by atoms with Crippen molar-refractivity contribution in [1.82, 2.24) is 9.29 Å². The predicted octanol–water partition coefficient (Wildman–Crippen LogP) is 3.11. The number of pyridine rings is 1. The van der Waals surface area contributed by atoms with Crippen LogP contribution in [0.25, 0.3) is 0 Å². The second-order valence-electron chi connectivity index (χ2n) is 5.92. The number of sulfonamides is 1. The van der Waals surface area contributed by atoms with Crippen LogP contribution in [-0.2, 0) is 22.6 Å². The quantitative estimate of drug-likeness (QED) is 0.792. The van der Waals surface area contributed by atoms with Gasteiger partial charge in [-0.2, -0.15) is 17.5 Å². The molecule has 1 aromatic heterocycles. The number of ether oxygens (including phenoxy) is 1. The molecule has 140 valence electrons. The van der Waals surface area contributed by atoms with E-state index >= 15 is 0 Å². The van der Waals surface area contributed by atoms with Crippen molar-refractivity contribution in [3.63, 3.8) is 0 Å². The lowest BCUT2D eigenvalue weighted by atomic mass is 10.2. The van der Waals surface area contributed by atoms with Gasteiger partial charge in [-0.3, -0.25) is 0 Å². The summed E-state index contributed by atoms with van der Waals surface area (Å²) in [5.74, 6) is -0.172. The van der Waals surface area contributed by atoms with Crippen LogP contribution in [-0.4, -0.2) is 36.9 Å². The molecule has 0 N–H and O–H groups in total. The van der Waals surface area contributed by atoms with Crippen LogP contribution in [0, 0.1) is 0 Å². The molecule has 0 amide bonds. The van der Waals surface area contributed by atoms with Crippen molar-refractivity contribution in [2.24, 2.45) is 0 Å². The van der Waals surface area contributed by atoms with E-state index in [2.05, 4.69) is 4.98 Å². The van der Waals surface area contributed by atoms with Crippen LogP contribution in [0.5, 0.6) is 5.88 Å². The molecule has 0 radical (unpaired) electrons. The molecule has 9 heteroatoms. The van der Waals surface area contributed by atoms with Crippen molar-refractivity contribution < 1.29 is 26.3 Å². The number of hydrogen-bond acceptors (Lipinski definition) is 4. The predicted molar refractivity (Wildman–Crippen MR) is 88.2 cm³/mol. The van der Waals surface area contributed by atoms with Crippen molar-refractivity contribution in [2.75, 3.05) is 13.1 Å². The first-order valence-corrected chi connectivity index (χ1v) is 9.44. The summed E-state index contributed by atoms with van der Waals surface area (Å²) in [5, 5.41) is 0. The van der Waals surface area contributed by atoms with Crippen molar-refractivity contribution >= 4 is 10.0 Å². The number of aryl methyl sites for hydroxylation is 1. The molecule has 0 spiro atoms. The van der Waals surface area contributed by atoms with E-state index in [-0.39, 0.29) is 23.9 Å². The number of aromatic nitrogens is 1. The van der Waals surface area contributed by atoms with E-state index in [0.29, 0.717) is 0 Å². The summed E-state index contributed by atoms with van der Waals surface area (Å²) >= 11 is 0. The Bertz CT molecular complexity index is 877. The second-order valence-corrected chi connectivity index (χ2v) is 7.86. The van der Waals surface area contributed by atoms with E-state index < -0.39 is 28.0 Å². The molecule has 1 fully saturated rings. The summed E-state index contributed by atoms with van der Waals surface area (Å²) in [6.45, 7) is 2.11. The van der Waals surface area contributed by atoms with E-state index in [1.807, 2.05) is 6.92 Å². The van der Waals surface area contributed by atoms with Gasteiger partial charge in [0.05, 0.1) is 18.0 Å². The summed E-state index contributed by atoms with van der Waals surface area (Å²) in [5.41, 5.74) is -0.0146. The molecule has 0 saturated carbocycles. The second kappa shape index (κ2) is 6.88. The molecule has 2 aromatic rings. The summed E-state index contributed by atoms with van der Waals surface area (Å²) in [7, 11) is -3.63. The first-order chi connectivity index (χ1) is 12.2. The number of nitrogens with zero attached hydrogens (tertiary/aromatic N) is 2. The monoisotopic (exact) mass is 386 g/mol. The van der Waals surface area contributed by atoms with Crippen LogP contribution in [0.2, 0.25) is 0 Å². The Morgan fingerprint density at radius 2 is 1.81 bits per heavy atom. The first-order valence-electron chi connectivity index (χ1n) is 8.00. The zero-order valence-electron chi connectivity index (χ0n) is 13.9. The minimum Gasteiger partial charge on any atom is -0.472 e. The lowest BCUT2D eigenvalue weighted by molar-refractivity contribution is -0.141. The standard InChI is InChI=1S/C17H17F3N2O3S/c1-2-12-6-8-14(9-7-12)26(23,24)22-10-13(11-22)25-16-5-3-4-15(21-16)17(18,19)20/h3-9,13H,2,10-11H2,1H3. The summed E-state index contributed by atoms with van der Waals surface area (Å²) in [6, 6.07) is 9.99. The zero-order chi connectivity index (χ0) is 18.9. The molecule has 0 unspecified atom stereocenters. The maximum Gasteiger partial charge on any atom is 0.433 e. The Balaban J connectivity index is 1.63. The summed E-state index contributed by atoms with van der Waals surface area (Å²) < 4.78 is 69.6. The normalized spacial score (nSPS) is 16.3. The van der Waals surface area contributed by atoms with Gasteiger partial charge in [0.2, 0.25) is 15.9 Å². The number of alkyl halides is 3. The van der Waals surface area contributed by atoms with E-state index in [4.69, 9.17) is 4.74 Å². The van der Waals surface area contributed by atoms with E-state index in [1.165, 1.54) is 16.4 Å². The molecule has 0 aliphatic carbocycles. The molecule has 0 bridgehead atoms. The van der Waals surface area contributed by atoms with Crippen molar-refractivity contribution in [2.45, 2.75) is 30.5 Å². The van der Waals surface area contributed by atoms with Gasteiger partial charge in [0.1, 0.15) is 11.8 Å². The molecular formula is C17H17F3N2O3S. The van der Waals surface area contributed by atoms with Gasteiger partial charge >= 0.3 is 6.18 Å². The van der Waals surface area contributed by atoms with Gasteiger partial charge in [-0.1, -0.05) is 25.1 Å². The van der Waals surface area contributed by atoms with Gasteiger partial charge < -0.3 is 4.74 Å². The molecule has 2 heterocycles. The average molecular weight is 386 g/mol. The van der Waals surface area contributed by atoms with Crippen LogP contribution in [0.1, 0.15) is 18.2 Å². The minimum atomic E-state index is -4.56. The molecule has 1 aromatic carbocycles. The van der Waals surface area contributed by atoms with Gasteiger partial charge in [0.15, 0.2) is 0 Å². The van der Waals surface area contributed by atoms with Gasteiger partial charge in [0, 0.05) is 6.07 Å². The lowest BCUT2D eigenvalue weighted by Crippen LogP contribution is -2.56. The third-order valence-corrected chi connectivity index (χ3v) is 5.93. The van der Waals surface area contributed by atoms with Crippen molar-refractivity contribution in [3.8, 4) is 5.88 Å². The number of hydrogen-bond donors (Lipinski definition) is 0. The van der Waals surface area contributed by atoms with Gasteiger partial charge in [0.25, 0.3) is 0 Å². The smallest absolute Gasteiger partial charge is 0.433 e. The molecule has 0 atom stereocenters. The number of halogens is 3. The van der Waals surface area contributed by atoms with Crippen molar-refractivity contribution in [1.29, 1.82) is 0 Å². The summed E-state index contributed by atoms with van der Waals surface area (Å²) in [4.78, 5) is 3.60. The minimum absolute atomic E-state index is 0.0653. The molecule has 26 heavy (non-hydrogen) atoms. The van der Waals surface area contributed by atoms with Crippen LogP contribution in [0.3, 0.4) is 0 Å². The molecule has 1 saturated heterocycles. The van der Waals surface area contributed by atoms with Crippen LogP contribution in [0.4, 0.5) is 13.2 Å². The highest BCUT2D eigenvalue weighted by Gasteiger charge is 2.39. The SMILES string of the molecule is CCc1ccc(S(=O)(=O)N2CC(Oc3cccc(C(F)(F)F)n3)C2)cc1. The number of benzene rings is 1. The molecular weight excluding hydrogens is 369 g/mol. The summed E-state index contributed by atoms with van der Waals surface area (Å²) in [6.07, 6.45) is -4.28. The fourth-order valence-corrected chi connectivity index (χ4v) is 4.03. The largest absolute Gasteiger partial charge is 0.472 e. The average Bonchev–Trinajstić information content (AvgIpc) is 2.57. The van der Waals surface area contributed by atoms with E-state index in [0.717, 1.165) is 18.1 Å². The van der Waals surface area contributed by atoms with Gasteiger partial charge in [-0.15, -0.1) is 0 Å². The molecule has 3 rings (SSSR count). The Morgan fingerprint density at radius 1 is 1.15 bits per heavy atom. The number of rotatable bonds is 5. The Hall–Kier alpha value is -2.13. The van der Waals surface area contributed by atoms with Crippen LogP contribution < -0.4 is 4.74 Å². The highest BCUT2D eigenvalue weighted by Crippen LogP contribution is 2.30. The Morgan fingerprint density at radius 3 is 2.38 bits per heavy atom. The van der Waals surface area contributed by atoms with E-state index in [1.54, 1.807) is 24.3 Å². The lowest BCUT2D eigenvalue weighted by Gasteiger charge is -2.37. The first kappa shape index (κ1) is 18.7. The van der Waals surface area contributed by atoms with Gasteiger partial charge in [-0.25, -0.2) is 13.4 Å². The molecule has 1 aliphatic rings. The Kier molecular flexibility index (Phi) is 4.94. The highest BCUT2D eigenvalue weighted by atomic mass is 32.2. The fraction of sp³-hybridized carbons (Fsp3) is 0.353. The topological polar surface area (TPSA) is 59.5 Å². The fourth-order valence-electron chi connectivity index (χ4n) is 2.53. The molecule has 1 aliphatic heterocycles. The Labute approximate surface area is 149 Å². The highest BCUT2D eigenvalue weighted by molar-refractivity contribution is 7.89. The van der Waals surface area contributed by atoms with E-state index in [9.17, 15) is 21.6 Å². The van der Waals surface area contributed by atoms with Crippen LogP contribution in [0.15, 0.2) is 47.4 Å². The van der Waals surface area contributed by atoms with Crippen LogP contribution >= 0.6 is 0 Å². The van der Waals surface area contributed by atoms with Gasteiger partial charge in [-0.05, 0) is 30.2 Å². The van der Waals surface area contributed by atoms with Crippen molar-refractivity contribution in [3.05, 3.63) is 53.7 Å². The third kappa shape index (κ3) is 3.83. The molecule has 5 nitrogen and oxygen atoms in total.